The van der Waals surface area contributed by atoms with Crippen molar-refractivity contribution in [2.75, 3.05) is 36.5 Å². The quantitative estimate of drug-likeness (QED) is 0.566. The number of nitrogens with one attached hydrogen (secondary N) is 2. The zero-order valence-corrected chi connectivity index (χ0v) is 18.2. The monoisotopic (exact) mass is 451 g/mol. The van der Waals surface area contributed by atoms with Crippen molar-refractivity contribution >= 4 is 52.4 Å². The van der Waals surface area contributed by atoms with E-state index in [9.17, 15) is 14.4 Å². The fraction of sp³-hybridized carbons (Fsp3) is 0.286. The Hall–Kier alpha value is -2.77. The number of rotatable bonds is 9. The van der Waals surface area contributed by atoms with Crippen LogP contribution in [0, 0.1) is 0 Å². The van der Waals surface area contributed by atoms with Crippen LogP contribution < -0.4 is 15.5 Å². The first-order valence-electron chi connectivity index (χ1n) is 9.37. The number of anilines is 2. The zero-order chi connectivity index (χ0) is 22.1. The van der Waals surface area contributed by atoms with Crippen LogP contribution in [-0.2, 0) is 14.3 Å². The van der Waals surface area contributed by atoms with Gasteiger partial charge in [-0.05, 0) is 56.3 Å². The number of nitrogens with zero attached hydrogens (tertiary/aromatic N) is 1. The Labute approximate surface area is 185 Å². The second-order valence-electron chi connectivity index (χ2n) is 6.23. The van der Waals surface area contributed by atoms with Crippen LogP contribution in [0.25, 0.3) is 0 Å². The van der Waals surface area contributed by atoms with Crippen LogP contribution in [0.2, 0.25) is 10.0 Å². The second-order valence-corrected chi connectivity index (χ2v) is 7.08. The van der Waals surface area contributed by atoms with Crippen molar-refractivity contribution in [2.45, 2.75) is 13.8 Å². The lowest BCUT2D eigenvalue weighted by atomic mass is 10.2. The second kappa shape index (κ2) is 11.4. The van der Waals surface area contributed by atoms with E-state index in [1.807, 2.05) is 12.1 Å². The number of hydrogen-bond donors (Lipinski definition) is 2. The van der Waals surface area contributed by atoms with E-state index < -0.39 is 30.9 Å². The van der Waals surface area contributed by atoms with Gasteiger partial charge in [0.2, 0.25) is 0 Å². The van der Waals surface area contributed by atoms with Gasteiger partial charge in [0.1, 0.15) is 6.54 Å². The van der Waals surface area contributed by atoms with Crippen LogP contribution in [0.4, 0.5) is 11.4 Å². The minimum Gasteiger partial charge on any atom is -0.454 e. The molecule has 0 heterocycles. The molecule has 0 aliphatic heterocycles. The molecule has 160 valence electrons. The largest absolute Gasteiger partial charge is 0.454 e. The Kier molecular flexibility index (Phi) is 8.95. The SMILES string of the molecule is CCN(CC)c1ccc(NC(=O)COC(=O)CNC(=O)c2ccc(Cl)cc2Cl)cc1. The minimum atomic E-state index is -0.750. The molecule has 2 rings (SSSR count). The van der Waals surface area contributed by atoms with Crippen molar-refractivity contribution in [1.29, 1.82) is 0 Å². The summed E-state index contributed by atoms with van der Waals surface area (Å²) in [5.41, 5.74) is 1.83. The molecule has 7 nitrogen and oxygen atoms in total. The number of ether oxygens (including phenoxy) is 1. The molecule has 0 atom stereocenters. The highest BCUT2D eigenvalue weighted by Gasteiger charge is 2.14. The zero-order valence-electron chi connectivity index (χ0n) is 16.7. The lowest BCUT2D eigenvalue weighted by molar-refractivity contribution is -0.146. The highest BCUT2D eigenvalue weighted by molar-refractivity contribution is 6.36. The Balaban J connectivity index is 1.76. The van der Waals surface area contributed by atoms with Gasteiger partial charge in [-0.2, -0.15) is 0 Å². The number of carbonyl (C=O) groups excluding carboxylic acids is 3. The van der Waals surface area contributed by atoms with E-state index in [4.69, 9.17) is 27.9 Å². The van der Waals surface area contributed by atoms with Crippen LogP contribution in [0.1, 0.15) is 24.2 Å². The maximum atomic E-state index is 12.1. The van der Waals surface area contributed by atoms with Crippen LogP contribution in [0.15, 0.2) is 42.5 Å². The third-order valence-corrected chi connectivity index (χ3v) is 4.76. The normalized spacial score (nSPS) is 10.3. The molecule has 0 fully saturated rings. The molecule has 2 aromatic carbocycles. The highest BCUT2D eigenvalue weighted by atomic mass is 35.5. The highest BCUT2D eigenvalue weighted by Crippen LogP contribution is 2.21. The number of carbonyl (C=O) groups is 3. The fourth-order valence-corrected chi connectivity index (χ4v) is 3.15. The van der Waals surface area contributed by atoms with Gasteiger partial charge < -0.3 is 20.3 Å². The summed E-state index contributed by atoms with van der Waals surface area (Å²) < 4.78 is 4.88. The molecule has 0 aliphatic rings. The molecule has 0 saturated carbocycles. The summed E-state index contributed by atoms with van der Waals surface area (Å²) in [7, 11) is 0. The van der Waals surface area contributed by atoms with Gasteiger partial charge in [0.05, 0.1) is 10.6 Å². The summed E-state index contributed by atoms with van der Waals surface area (Å²) >= 11 is 11.7. The van der Waals surface area contributed by atoms with E-state index in [0.29, 0.717) is 10.7 Å². The molecule has 0 aliphatic carbocycles. The van der Waals surface area contributed by atoms with Gasteiger partial charge in [0, 0.05) is 29.5 Å². The number of benzene rings is 2. The summed E-state index contributed by atoms with van der Waals surface area (Å²) in [5, 5.41) is 5.59. The third-order valence-electron chi connectivity index (χ3n) is 4.21. The molecule has 0 unspecified atom stereocenters. The van der Waals surface area contributed by atoms with Crippen molar-refractivity contribution < 1.29 is 19.1 Å². The van der Waals surface area contributed by atoms with Crippen LogP contribution >= 0.6 is 23.2 Å². The predicted molar refractivity (Wildman–Crippen MR) is 118 cm³/mol. The van der Waals surface area contributed by atoms with Gasteiger partial charge in [0.25, 0.3) is 11.8 Å². The van der Waals surface area contributed by atoms with Crippen LogP contribution in [0.5, 0.6) is 0 Å². The van der Waals surface area contributed by atoms with Gasteiger partial charge in [-0.3, -0.25) is 14.4 Å². The summed E-state index contributed by atoms with van der Waals surface area (Å²) in [4.78, 5) is 38.0. The molecule has 2 amide bonds. The number of amides is 2. The maximum absolute atomic E-state index is 12.1. The van der Waals surface area contributed by atoms with Gasteiger partial charge in [-0.15, -0.1) is 0 Å². The van der Waals surface area contributed by atoms with E-state index >= 15 is 0 Å². The molecule has 2 aromatic rings. The molecule has 30 heavy (non-hydrogen) atoms. The summed E-state index contributed by atoms with van der Waals surface area (Å²) in [6.45, 7) is 5.05. The Morgan fingerprint density at radius 1 is 1.00 bits per heavy atom. The van der Waals surface area contributed by atoms with Crippen molar-refractivity contribution in [3.8, 4) is 0 Å². The van der Waals surface area contributed by atoms with Crippen molar-refractivity contribution in [3.05, 3.63) is 58.1 Å². The maximum Gasteiger partial charge on any atom is 0.325 e. The third kappa shape index (κ3) is 6.93. The summed E-state index contributed by atoms with van der Waals surface area (Å²) in [5.74, 6) is -1.78. The first-order chi connectivity index (χ1) is 14.3. The first kappa shape index (κ1) is 23.5. The number of halogens is 2. The van der Waals surface area contributed by atoms with Gasteiger partial charge in [0.15, 0.2) is 6.61 Å². The summed E-state index contributed by atoms with van der Waals surface area (Å²) in [6, 6.07) is 11.8. The van der Waals surface area contributed by atoms with Crippen LogP contribution in [0.3, 0.4) is 0 Å². The average molecular weight is 452 g/mol. The lowest BCUT2D eigenvalue weighted by Gasteiger charge is -2.21. The van der Waals surface area contributed by atoms with Crippen molar-refractivity contribution in [3.63, 3.8) is 0 Å². The Morgan fingerprint density at radius 2 is 1.67 bits per heavy atom. The van der Waals surface area contributed by atoms with Gasteiger partial charge in [-0.1, -0.05) is 23.2 Å². The molecule has 0 aromatic heterocycles. The average Bonchev–Trinajstić information content (AvgIpc) is 2.72. The molecule has 9 heteroatoms. The molecule has 0 saturated heterocycles. The van der Waals surface area contributed by atoms with Crippen molar-refractivity contribution in [2.24, 2.45) is 0 Å². The van der Waals surface area contributed by atoms with Gasteiger partial charge in [-0.25, -0.2) is 0 Å². The summed E-state index contributed by atoms with van der Waals surface area (Å²) in [6.07, 6.45) is 0. The molecule has 2 N–H and O–H groups in total. The standard InChI is InChI=1S/C21H23Cl2N3O4/c1-3-26(4-2)16-8-6-15(7-9-16)25-19(27)13-30-20(28)12-24-21(29)17-10-5-14(22)11-18(17)23/h5-11H,3-4,12-13H2,1-2H3,(H,24,29)(H,25,27). The van der Waals surface area contributed by atoms with E-state index in [2.05, 4.69) is 29.4 Å². The lowest BCUT2D eigenvalue weighted by Crippen LogP contribution is -2.32. The van der Waals surface area contributed by atoms with Crippen molar-refractivity contribution in [1.82, 2.24) is 5.32 Å². The number of hydrogen-bond acceptors (Lipinski definition) is 5. The number of esters is 1. The smallest absolute Gasteiger partial charge is 0.325 e. The van der Waals surface area contributed by atoms with E-state index in [1.54, 1.807) is 12.1 Å². The predicted octanol–water partition coefficient (Wildman–Crippen LogP) is 3.75. The Bertz CT molecular complexity index is 900. The molecule has 0 spiro atoms. The Morgan fingerprint density at radius 3 is 2.27 bits per heavy atom. The minimum absolute atomic E-state index is 0.166. The van der Waals surface area contributed by atoms with Crippen LogP contribution in [-0.4, -0.2) is 44.0 Å². The van der Waals surface area contributed by atoms with E-state index in [1.165, 1.54) is 18.2 Å². The molecular weight excluding hydrogens is 429 g/mol. The first-order valence-corrected chi connectivity index (χ1v) is 10.1. The molecule has 0 radical (unpaired) electrons. The molecule has 0 bridgehead atoms. The van der Waals surface area contributed by atoms with Gasteiger partial charge >= 0.3 is 5.97 Å². The van der Waals surface area contributed by atoms with E-state index in [-0.39, 0.29) is 10.6 Å². The fourth-order valence-electron chi connectivity index (χ4n) is 2.66. The topological polar surface area (TPSA) is 87.7 Å². The van der Waals surface area contributed by atoms with E-state index in [0.717, 1.165) is 18.8 Å². The molecular formula is C21H23Cl2N3O4.